The number of benzene rings is 4. The molecule has 0 aliphatic heterocycles. The molecule has 0 unspecified atom stereocenters. The first-order valence-corrected chi connectivity index (χ1v) is 13.2. The summed E-state index contributed by atoms with van der Waals surface area (Å²) in [6.45, 7) is 0. The minimum absolute atomic E-state index is 0.130. The summed E-state index contributed by atoms with van der Waals surface area (Å²) in [4.78, 5) is 39.0. The summed E-state index contributed by atoms with van der Waals surface area (Å²) in [5, 5.41) is 8.70. The van der Waals surface area contributed by atoms with Crippen LogP contribution in [-0.4, -0.2) is 23.5 Å². The lowest BCUT2D eigenvalue weighted by Gasteiger charge is -2.12. The molecule has 4 rings (SSSR count). The maximum Gasteiger partial charge on any atom is 0.272 e. The molecule has 0 fully saturated rings. The van der Waals surface area contributed by atoms with Gasteiger partial charge in [-0.25, -0.2) is 4.39 Å². The summed E-state index contributed by atoms with van der Waals surface area (Å²) in [7, 11) is 0. The lowest BCUT2D eigenvalue weighted by molar-refractivity contribution is -0.114. The molecule has 9 heteroatoms. The highest BCUT2D eigenvalue weighted by Gasteiger charge is 2.16. The molecule has 0 saturated carbocycles. The molecule has 0 spiro atoms. The topological polar surface area (TPSA) is 87.3 Å². The summed E-state index contributed by atoms with van der Waals surface area (Å²) >= 11 is 7.16. The van der Waals surface area contributed by atoms with Gasteiger partial charge >= 0.3 is 0 Å². The highest BCUT2D eigenvalue weighted by Crippen LogP contribution is 2.23. The Balaban J connectivity index is 1.45. The number of rotatable bonds is 9. The van der Waals surface area contributed by atoms with Gasteiger partial charge in [0.15, 0.2) is 0 Å². The van der Waals surface area contributed by atoms with Crippen molar-refractivity contribution in [3.63, 3.8) is 0 Å². The second-order valence-electron chi connectivity index (χ2n) is 8.23. The van der Waals surface area contributed by atoms with E-state index in [2.05, 4.69) is 16.0 Å². The van der Waals surface area contributed by atoms with Gasteiger partial charge < -0.3 is 16.0 Å². The van der Waals surface area contributed by atoms with Crippen LogP contribution < -0.4 is 16.0 Å². The van der Waals surface area contributed by atoms with E-state index in [9.17, 15) is 18.8 Å². The van der Waals surface area contributed by atoms with Gasteiger partial charge in [-0.2, -0.15) is 0 Å². The molecule has 0 radical (unpaired) electrons. The summed E-state index contributed by atoms with van der Waals surface area (Å²) in [5.41, 5.74) is 1.44. The fourth-order valence-corrected chi connectivity index (χ4v) is 4.31. The summed E-state index contributed by atoms with van der Waals surface area (Å²) in [5.74, 6) is -1.73. The van der Waals surface area contributed by atoms with Gasteiger partial charge in [-0.3, -0.25) is 14.4 Å². The molecule has 39 heavy (non-hydrogen) atoms. The number of amides is 3. The molecule has 0 aromatic heterocycles. The zero-order valence-electron chi connectivity index (χ0n) is 20.5. The van der Waals surface area contributed by atoms with Gasteiger partial charge in [-0.15, -0.1) is 11.8 Å². The van der Waals surface area contributed by atoms with Crippen LogP contribution in [0.5, 0.6) is 0 Å². The average molecular weight is 560 g/mol. The van der Waals surface area contributed by atoms with E-state index in [1.54, 1.807) is 78.9 Å². The van der Waals surface area contributed by atoms with Crippen molar-refractivity contribution in [3.8, 4) is 0 Å². The normalized spacial score (nSPS) is 11.0. The molecule has 0 atom stereocenters. The zero-order chi connectivity index (χ0) is 27.6. The van der Waals surface area contributed by atoms with Crippen molar-refractivity contribution >= 4 is 58.5 Å². The second-order valence-corrected chi connectivity index (χ2v) is 9.71. The van der Waals surface area contributed by atoms with Gasteiger partial charge in [0.2, 0.25) is 5.91 Å². The number of hydrogen-bond donors (Lipinski definition) is 3. The van der Waals surface area contributed by atoms with Crippen molar-refractivity contribution in [2.24, 2.45) is 0 Å². The summed E-state index contributed by atoms with van der Waals surface area (Å²) in [6, 6.07) is 28.1. The molecule has 4 aromatic rings. The molecular weight excluding hydrogens is 537 g/mol. The molecule has 4 aromatic carbocycles. The third-order valence-corrected chi connectivity index (χ3v) is 6.57. The van der Waals surface area contributed by atoms with Crippen LogP contribution in [-0.2, 0) is 9.59 Å². The highest BCUT2D eigenvalue weighted by atomic mass is 35.5. The lowest BCUT2D eigenvalue weighted by Crippen LogP contribution is -2.30. The minimum Gasteiger partial charge on any atom is -0.325 e. The van der Waals surface area contributed by atoms with Crippen molar-refractivity contribution in [2.75, 3.05) is 16.4 Å². The van der Waals surface area contributed by atoms with Crippen LogP contribution in [0.4, 0.5) is 15.8 Å². The van der Waals surface area contributed by atoms with E-state index in [1.165, 1.54) is 36.0 Å². The maximum absolute atomic E-state index is 14.3. The predicted molar refractivity (Wildman–Crippen MR) is 154 cm³/mol. The summed E-state index contributed by atoms with van der Waals surface area (Å²) in [6.07, 6.45) is 1.28. The van der Waals surface area contributed by atoms with Gasteiger partial charge in [0.05, 0.1) is 5.75 Å². The van der Waals surface area contributed by atoms with E-state index in [4.69, 9.17) is 11.6 Å². The molecule has 3 amide bonds. The lowest BCUT2D eigenvalue weighted by atomic mass is 10.1. The van der Waals surface area contributed by atoms with Gasteiger partial charge in [0.1, 0.15) is 11.5 Å². The smallest absolute Gasteiger partial charge is 0.272 e. The maximum atomic E-state index is 14.3. The molecule has 3 N–H and O–H groups in total. The van der Waals surface area contributed by atoms with E-state index in [-0.39, 0.29) is 22.9 Å². The Labute approximate surface area is 234 Å². The van der Waals surface area contributed by atoms with E-state index in [0.29, 0.717) is 22.0 Å². The van der Waals surface area contributed by atoms with Gasteiger partial charge in [0, 0.05) is 32.4 Å². The molecule has 0 heterocycles. The molecule has 0 bridgehead atoms. The molecular formula is C30H23ClFN3O3S. The Bertz CT molecular complexity index is 1510. The van der Waals surface area contributed by atoms with Crippen LogP contribution in [0.25, 0.3) is 6.08 Å². The quantitative estimate of drug-likeness (QED) is 0.159. The largest absolute Gasteiger partial charge is 0.325 e. The Kier molecular flexibility index (Phi) is 9.50. The number of carbonyl (C=O) groups excluding carboxylic acids is 3. The van der Waals surface area contributed by atoms with E-state index < -0.39 is 17.6 Å². The Hall–Kier alpha value is -4.40. The molecule has 6 nitrogen and oxygen atoms in total. The zero-order valence-corrected chi connectivity index (χ0v) is 22.1. The SMILES string of the molecule is O=C(CSc1cccc(NC(=O)/C(=C/c2ccccc2F)NC(=O)c2ccccc2)c1)Nc1ccc(Cl)cc1. The molecule has 196 valence electrons. The third kappa shape index (κ3) is 8.29. The van der Waals surface area contributed by atoms with E-state index >= 15 is 0 Å². The molecule has 0 aliphatic rings. The first kappa shape index (κ1) is 27.6. The van der Waals surface area contributed by atoms with Crippen LogP contribution in [0.2, 0.25) is 5.02 Å². The van der Waals surface area contributed by atoms with Crippen molar-refractivity contribution in [1.29, 1.82) is 0 Å². The average Bonchev–Trinajstić information content (AvgIpc) is 2.94. The van der Waals surface area contributed by atoms with Crippen LogP contribution in [0.1, 0.15) is 15.9 Å². The number of thioether (sulfide) groups is 1. The first-order valence-electron chi connectivity index (χ1n) is 11.8. The Morgan fingerprint density at radius 3 is 2.26 bits per heavy atom. The monoisotopic (exact) mass is 559 g/mol. The van der Waals surface area contributed by atoms with E-state index in [0.717, 1.165) is 4.90 Å². The minimum atomic E-state index is -0.634. The van der Waals surface area contributed by atoms with Crippen LogP contribution in [0, 0.1) is 5.82 Å². The predicted octanol–water partition coefficient (Wildman–Crippen LogP) is 6.62. The number of hydrogen-bond acceptors (Lipinski definition) is 4. The van der Waals surface area contributed by atoms with Crippen LogP contribution >= 0.6 is 23.4 Å². The van der Waals surface area contributed by atoms with Gasteiger partial charge in [0.25, 0.3) is 11.8 Å². The molecule has 0 saturated heterocycles. The number of anilines is 2. The Morgan fingerprint density at radius 2 is 1.51 bits per heavy atom. The first-order chi connectivity index (χ1) is 18.9. The van der Waals surface area contributed by atoms with Crippen LogP contribution in [0.3, 0.4) is 0 Å². The van der Waals surface area contributed by atoms with Gasteiger partial charge in [-0.05, 0) is 66.7 Å². The van der Waals surface area contributed by atoms with Crippen molar-refractivity contribution in [3.05, 3.63) is 131 Å². The molecule has 0 aliphatic carbocycles. The van der Waals surface area contributed by atoms with Gasteiger partial charge in [-0.1, -0.05) is 54.1 Å². The number of nitrogens with one attached hydrogen (secondary N) is 3. The van der Waals surface area contributed by atoms with E-state index in [1.807, 2.05) is 6.07 Å². The standard InChI is InChI=1S/C30H23ClFN3O3S/c31-22-13-15-23(16-14-22)33-28(36)19-39-25-11-6-10-24(18-25)34-30(38)27(17-21-9-4-5-12-26(21)32)35-29(37)20-7-2-1-3-8-20/h1-18H,19H2,(H,33,36)(H,34,38)(H,35,37)/b27-17-. The third-order valence-electron chi connectivity index (χ3n) is 5.32. The highest BCUT2D eigenvalue weighted by molar-refractivity contribution is 8.00. The van der Waals surface area contributed by atoms with Crippen LogP contribution in [0.15, 0.2) is 114 Å². The fourth-order valence-electron chi connectivity index (χ4n) is 3.43. The van der Waals surface area contributed by atoms with Crippen molar-refractivity contribution < 1.29 is 18.8 Å². The van der Waals surface area contributed by atoms with Crippen molar-refractivity contribution in [2.45, 2.75) is 4.90 Å². The summed E-state index contributed by atoms with van der Waals surface area (Å²) < 4.78 is 14.3. The fraction of sp³-hybridized carbons (Fsp3) is 0.0333. The number of carbonyl (C=O) groups is 3. The Morgan fingerprint density at radius 1 is 0.795 bits per heavy atom. The number of halogens is 2. The second kappa shape index (κ2) is 13.4. The van der Waals surface area contributed by atoms with Crippen molar-refractivity contribution in [1.82, 2.24) is 5.32 Å².